The number of hydrogen-bond acceptors (Lipinski definition) is 2. The second-order valence-corrected chi connectivity index (χ2v) is 3.14. The van der Waals surface area contributed by atoms with Crippen LogP contribution in [0.1, 0.15) is 0 Å². The number of phenols is 1. The van der Waals surface area contributed by atoms with Gasteiger partial charge in [0.05, 0.1) is 6.07 Å². The number of nitrogens with zero attached hydrogens (tertiary/aromatic N) is 1. The van der Waals surface area contributed by atoms with Crippen LogP contribution in [0.3, 0.4) is 0 Å². The molecule has 0 saturated heterocycles. The van der Waals surface area contributed by atoms with E-state index in [0.717, 1.165) is 10.9 Å². The highest BCUT2D eigenvalue weighted by Gasteiger charge is 2.07. The maximum Gasteiger partial charge on any atom is 0.252 e. The third-order valence-corrected chi connectivity index (χ3v) is 2.13. The van der Waals surface area contributed by atoms with E-state index in [0.29, 0.717) is 6.73 Å². The number of aromatic hydroxyl groups is 1. The van der Waals surface area contributed by atoms with Crippen LogP contribution in [0.5, 0.6) is 5.75 Å². The highest BCUT2D eigenvalue weighted by molar-refractivity contribution is 5.76. The van der Waals surface area contributed by atoms with Crippen LogP contribution < -0.4 is 4.57 Å². The Balaban J connectivity index is 2.64. The van der Waals surface area contributed by atoms with Crippen molar-refractivity contribution in [1.29, 1.82) is 0 Å². The van der Waals surface area contributed by atoms with Gasteiger partial charge in [-0.1, -0.05) is 0 Å². The first-order valence-corrected chi connectivity index (χ1v) is 4.41. The number of pyridine rings is 1. The second kappa shape index (κ2) is 3.64. The van der Waals surface area contributed by atoms with Crippen molar-refractivity contribution in [2.24, 2.45) is 0 Å². The molecule has 0 fully saturated rings. The van der Waals surface area contributed by atoms with Crippen molar-refractivity contribution in [2.45, 2.75) is 6.73 Å². The number of rotatable bonds is 2. The molecule has 0 atom stereocenters. The normalized spacial score (nSPS) is 10.6. The number of ether oxygens (including phenoxy) is 1. The fourth-order valence-electron chi connectivity index (χ4n) is 1.50. The number of fused-ring (bicyclic) bond motifs is 1. The Hall–Kier alpha value is -1.61. The van der Waals surface area contributed by atoms with Crippen molar-refractivity contribution in [3.63, 3.8) is 0 Å². The van der Waals surface area contributed by atoms with Gasteiger partial charge in [-0.3, -0.25) is 0 Å². The molecule has 0 aliphatic carbocycles. The van der Waals surface area contributed by atoms with Crippen molar-refractivity contribution in [3.05, 3.63) is 36.5 Å². The first-order valence-electron chi connectivity index (χ1n) is 4.41. The SMILES string of the molecule is COC[n+]1cccc2ccc(O)cc21. The lowest BCUT2D eigenvalue weighted by Gasteiger charge is -2.00. The molecule has 72 valence electrons. The molecule has 0 unspecified atom stereocenters. The van der Waals surface area contributed by atoms with Gasteiger partial charge in [-0.15, -0.1) is 0 Å². The van der Waals surface area contributed by atoms with Crippen molar-refractivity contribution < 1.29 is 14.4 Å². The summed E-state index contributed by atoms with van der Waals surface area (Å²) in [5.74, 6) is 0.272. The van der Waals surface area contributed by atoms with Crippen LogP contribution in [-0.4, -0.2) is 12.2 Å². The second-order valence-electron chi connectivity index (χ2n) is 3.14. The van der Waals surface area contributed by atoms with Gasteiger partial charge in [0.2, 0.25) is 5.52 Å². The lowest BCUT2D eigenvalue weighted by Crippen LogP contribution is -2.34. The smallest absolute Gasteiger partial charge is 0.252 e. The minimum Gasteiger partial charge on any atom is -0.508 e. The van der Waals surface area contributed by atoms with Crippen LogP contribution in [0.25, 0.3) is 10.9 Å². The predicted molar refractivity (Wildman–Crippen MR) is 52.8 cm³/mol. The average molecular weight is 190 g/mol. The van der Waals surface area contributed by atoms with Gasteiger partial charge >= 0.3 is 0 Å². The van der Waals surface area contributed by atoms with Gasteiger partial charge in [-0.2, -0.15) is 4.57 Å². The van der Waals surface area contributed by atoms with Crippen LogP contribution in [0.2, 0.25) is 0 Å². The summed E-state index contributed by atoms with van der Waals surface area (Å²) in [6, 6.07) is 9.25. The van der Waals surface area contributed by atoms with Gasteiger partial charge in [0.15, 0.2) is 6.20 Å². The average Bonchev–Trinajstić information content (AvgIpc) is 2.19. The Morgan fingerprint density at radius 3 is 3.00 bits per heavy atom. The van der Waals surface area contributed by atoms with E-state index in [1.165, 1.54) is 0 Å². The van der Waals surface area contributed by atoms with E-state index >= 15 is 0 Å². The lowest BCUT2D eigenvalue weighted by molar-refractivity contribution is -0.707. The van der Waals surface area contributed by atoms with E-state index in [1.807, 2.05) is 29.0 Å². The third kappa shape index (κ3) is 1.54. The van der Waals surface area contributed by atoms with Gasteiger partial charge in [-0.25, -0.2) is 0 Å². The molecule has 0 bridgehead atoms. The summed E-state index contributed by atoms with van der Waals surface area (Å²) in [6.07, 6.45) is 1.92. The monoisotopic (exact) mass is 190 g/mol. The summed E-state index contributed by atoms with van der Waals surface area (Å²) >= 11 is 0. The molecule has 0 radical (unpaired) electrons. The fraction of sp³-hybridized carbons (Fsp3) is 0.182. The Labute approximate surface area is 82.2 Å². The summed E-state index contributed by atoms with van der Waals surface area (Å²) in [7, 11) is 1.65. The molecule has 0 aliphatic heterocycles. The van der Waals surface area contributed by atoms with Crippen LogP contribution in [0.4, 0.5) is 0 Å². The van der Waals surface area contributed by atoms with E-state index in [9.17, 15) is 5.11 Å². The Morgan fingerprint density at radius 1 is 1.36 bits per heavy atom. The van der Waals surface area contributed by atoms with Gasteiger partial charge in [-0.05, 0) is 18.2 Å². The van der Waals surface area contributed by atoms with Crippen molar-refractivity contribution >= 4 is 10.9 Å². The Bertz CT molecular complexity index is 454. The first-order chi connectivity index (χ1) is 6.81. The largest absolute Gasteiger partial charge is 0.508 e. The zero-order valence-electron chi connectivity index (χ0n) is 7.97. The molecular weight excluding hydrogens is 178 g/mol. The minimum atomic E-state index is 0.272. The summed E-state index contributed by atoms with van der Waals surface area (Å²) in [5, 5.41) is 10.5. The molecular formula is C11H12NO2+. The topological polar surface area (TPSA) is 33.3 Å². The molecule has 1 N–H and O–H groups in total. The van der Waals surface area contributed by atoms with Gasteiger partial charge < -0.3 is 9.84 Å². The molecule has 0 amide bonds. The lowest BCUT2D eigenvalue weighted by atomic mass is 10.2. The van der Waals surface area contributed by atoms with Crippen molar-refractivity contribution in [3.8, 4) is 5.75 Å². The summed E-state index contributed by atoms with van der Waals surface area (Å²) < 4.78 is 7.00. The van der Waals surface area contributed by atoms with Gasteiger partial charge in [0.25, 0.3) is 6.73 Å². The van der Waals surface area contributed by atoms with Crippen LogP contribution in [0.15, 0.2) is 36.5 Å². The molecule has 3 heteroatoms. The van der Waals surface area contributed by atoms with E-state index < -0.39 is 0 Å². The van der Waals surface area contributed by atoms with E-state index in [4.69, 9.17) is 4.74 Å². The molecule has 2 rings (SSSR count). The van der Waals surface area contributed by atoms with Crippen LogP contribution in [-0.2, 0) is 11.5 Å². The van der Waals surface area contributed by atoms with Crippen LogP contribution in [0, 0.1) is 0 Å². The maximum absolute atomic E-state index is 9.37. The number of benzene rings is 1. The molecule has 0 saturated carbocycles. The summed E-state index contributed by atoms with van der Waals surface area (Å²) in [5.41, 5.74) is 0.967. The maximum atomic E-state index is 9.37. The number of aromatic nitrogens is 1. The molecule has 0 aliphatic rings. The van der Waals surface area contributed by atoms with E-state index in [-0.39, 0.29) is 5.75 Å². The zero-order valence-corrected chi connectivity index (χ0v) is 7.97. The number of phenolic OH excluding ortho intramolecular Hbond substituents is 1. The Morgan fingerprint density at radius 2 is 2.21 bits per heavy atom. The molecule has 1 heterocycles. The van der Waals surface area contributed by atoms with Crippen molar-refractivity contribution in [1.82, 2.24) is 0 Å². The summed E-state index contributed by atoms with van der Waals surface area (Å²) in [4.78, 5) is 0. The van der Waals surface area contributed by atoms with Gasteiger partial charge in [0.1, 0.15) is 5.75 Å². The fourth-order valence-corrected chi connectivity index (χ4v) is 1.50. The molecule has 0 spiro atoms. The van der Waals surface area contributed by atoms with Crippen LogP contribution >= 0.6 is 0 Å². The first kappa shape index (κ1) is 8.97. The Kier molecular flexibility index (Phi) is 2.33. The quantitative estimate of drug-likeness (QED) is 0.727. The number of hydrogen-bond donors (Lipinski definition) is 1. The highest BCUT2D eigenvalue weighted by Crippen LogP contribution is 2.15. The third-order valence-electron chi connectivity index (χ3n) is 2.13. The highest BCUT2D eigenvalue weighted by atomic mass is 16.5. The van der Waals surface area contributed by atoms with Gasteiger partial charge in [0, 0.05) is 18.6 Å². The standard InChI is InChI=1S/C11H11NO2/c1-14-8-12-6-2-3-9-4-5-10(13)7-11(9)12/h2-7H,8H2,1H3/p+1. The van der Waals surface area contributed by atoms with E-state index in [1.54, 1.807) is 19.2 Å². The number of methoxy groups -OCH3 is 1. The molecule has 2 aromatic rings. The zero-order chi connectivity index (χ0) is 9.97. The molecule has 14 heavy (non-hydrogen) atoms. The minimum absolute atomic E-state index is 0.272. The van der Waals surface area contributed by atoms with E-state index in [2.05, 4.69) is 0 Å². The molecule has 3 nitrogen and oxygen atoms in total. The predicted octanol–water partition coefficient (Wildman–Crippen LogP) is 1.44. The summed E-state index contributed by atoms with van der Waals surface area (Å²) in [6.45, 7) is 0.487. The molecule has 1 aromatic carbocycles. The van der Waals surface area contributed by atoms with Crippen molar-refractivity contribution in [2.75, 3.05) is 7.11 Å². The molecule has 1 aromatic heterocycles.